The van der Waals surface area contributed by atoms with E-state index in [1.165, 1.54) is 0 Å². The molecule has 1 N–H and O–H groups in total. The molecule has 2 amide bonds. The fourth-order valence-corrected chi connectivity index (χ4v) is 3.08. The number of carbonyl (C=O) groups excluding carboxylic acids is 2. The standard InChI is InChI=1S/C21H25N3O3/c1-2-27-21(26)24-14-12-23(13-15-24)16-20(25)22-19-10-8-18(9-11-19)17-6-4-3-5-7-17/h3-11H,2,12-16H2,1H3,(H,22,25). The molecule has 0 aromatic heterocycles. The molecule has 0 saturated carbocycles. The molecule has 6 nitrogen and oxygen atoms in total. The van der Waals surface area contributed by atoms with Gasteiger partial charge in [0.25, 0.3) is 0 Å². The van der Waals surface area contributed by atoms with E-state index in [-0.39, 0.29) is 12.0 Å². The number of hydrogen-bond donors (Lipinski definition) is 1. The van der Waals surface area contributed by atoms with Crippen LogP contribution in [0.1, 0.15) is 6.92 Å². The number of anilines is 1. The van der Waals surface area contributed by atoms with Crippen molar-refractivity contribution in [1.82, 2.24) is 9.80 Å². The van der Waals surface area contributed by atoms with Crippen molar-refractivity contribution in [3.8, 4) is 11.1 Å². The Labute approximate surface area is 159 Å². The summed E-state index contributed by atoms with van der Waals surface area (Å²) in [6.45, 7) is 4.99. The highest BCUT2D eigenvalue weighted by Crippen LogP contribution is 2.21. The molecular weight excluding hydrogens is 342 g/mol. The van der Waals surface area contributed by atoms with Crippen LogP contribution in [0.25, 0.3) is 11.1 Å². The molecule has 2 aromatic carbocycles. The van der Waals surface area contributed by atoms with Crippen LogP contribution in [0.2, 0.25) is 0 Å². The van der Waals surface area contributed by atoms with Crippen molar-refractivity contribution in [3.05, 3.63) is 54.6 Å². The second kappa shape index (κ2) is 9.19. The summed E-state index contributed by atoms with van der Waals surface area (Å²) < 4.78 is 5.01. The lowest BCUT2D eigenvalue weighted by atomic mass is 10.1. The van der Waals surface area contributed by atoms with Crippen LogP contribution in [0.4, 0.5) is 10.5 Å². The van der Waals surface area contributed by atoms with Gasteiger partial charge in [0.1, 0.15) is 0 Å². The molecule has 0 radical (unpaired) electrons. The van der Waals surface area contributed by atoms with Crippen LogP contribution in [0.15, 0.2) is 54.6 Å². The van der Waals surface area contributed by atoms with Crippen molar-refractivity contribution in [2.75, 3.05) is 44.6 Å². The molecule has 1 saturated heterocycles. The van der Waals surface area contributed by atoms with Gasteiger partial charge in [-0.05, 0) is 30.2 Å². The molecule has 0 bridgehead atoms. The van der Waals surface area contributed by atoms with Crippen LogP contribution in [-0.2, 0) is 9.53 Å². The van der Waals surface area contributed by atoms with Crippen molar-refractivity contribution in [2.45, 2.75) is 6.92 Å². The third-order valence-electron chi connectivity index (χ3n) is 4.54. The van der Waals surface area contributed by atoms with E-state index in [9.17, 15) is 9.59 Å². The summed E-state index contributed by atoms with van der Waals surface area (Å²) in [4.78, 5) is 27.7. The average molecular weight is 367 g/mol. The minimum Gasteiger partial charge on any atom is -0.450 e. The molecular formula is C21H25N3O3. The molecule has 1 aliphatic rings. The number of benzene rings is 2. The Bertz CT molecular complexity index is 754. The van der Waals surface area contributed by atoms with Crippen LogP contribution in [-0.4, -0.2) is 61.1 Å². The normalized spacial score (nSPS) is 14.6. The first-order valence-corrected chi connectivity index (χ1v) is 9.25. The largest absolute Gasteiger partial charge is 0.450 e. The Morgan fingerprint density at radius 2 is 1.56 bits per heavy atom. The number of nitrogens with zero attached hydrogens (tertiary/aromatic N) is 2. The number of ether oxygens (including phenoxy) is 1. The predicted octanol–water partition coefficient (Wildman–Crippen LogP) is 3.07. The maximum Gasteiger partial charge on any atom is 0.409 e. The van der Waals surface area contributed by atoms with Crippen molar-refractivity contribution >= 4 is 17.7 Å². The fraction of sp³-hybridized carbons (Fsp3) is 0.333. The van der Waals surface area contributed by atoms with Crippen LogP contribution >= 0.6 is 0 Å². The van der Waals surface area contributed by atoms with E-state index in [1.807, 2.05) is 47.4 Å². The molecule has 0 atom stereocenters. The van der Waals surface area contributed by atoms with Gasteiger partial charge in [0.05, 0.1) is 13.2 Å². The van der Waals surface area contributed by atoms with Crippen molar-refractivity contribution in [3.63, 3.8) is 0 Å². The van der Waals surface area contributed by atoms with E-state index in [1.54, 1.807) is 11.8 Å². The van der Waals surface area contributed by atoms with Gasteiger partial charge < -0.3 is 15.0 Å². The van der Waals surface area contributed by atoms with E-state index in [4.69, 9.17) is 4.74 Å². The molecule has 0 aliphatic carbocycles. The smallest absolute Gasteiger partial charge is 0.409 e. The molecule has 27 heavy (non-hydrogen) atoms. The maximum atomic E-state index is 12.3. The Balaban J connectivity index is 1.47. The Morgan fingerprint density at radius 1 is 0.926 bits per heavy atom. The zero-order valence-electron chi connectivity index (χ0n) is 15.6. The van der Waals surface area contributed by atoms with Gasteiger partial charge in [-0.25, -0.2) is 4.79 Å². The van der Waals surface area contributed by atoms with Crippen LogP contribution in [0.3, 0.4) is 0 Å². The van der Waals surface area contributed by atoms with Crippen LogP contribution < -0.4 is 5.32 Å². The lowest BCUT2D eigenvalue weighted by molar-refractivity contribution is -0.117. The third kappa shape index (κ3) is 5.31. The summed E-state index contributed by atoms with van der Waals surface area (Å²) in [5, 5.41) is 2.94. The van der Waals surface area contributed by atoms with E-state index < -0.39 is 0 Å². The van der Waals surface area contributed by atoms with E-state index in [0.29, 0.717) is 39.3 Å². The summed E-state index contributed by atoms with van der Waals surface area (Å²) in [6.07, 6.45) is -0.278. The highest BCUT2D eigenvalue weighted by molar-refractivity contribution is 5.92. The van der Waals surface area contributed by atoms with Gasteiger partial charge in [-0.1, -0.05) is 42.5 Å². The zero-order valence-corrected chi connectivity index (χ0v) is 15.6. The van der Waals surface area contributed by atoms with Gasteiger partial charge >= 0.3 is 6.09 Å². The quantitative estimate of drug-likeness (QED) is 0.882. The van der Waals surface area contributed by atoms with Gasteiger partial charge in [0.2, 0.25) is 5.91 Å². The minimum atomic E-state index is -0.278. The van der Waals surface area contributed by atoms with Crippen LogP contribution in [0, 0.1) is 0 Å². The number of nitrogens with one attached hydrogen (secondary N) is 1. The van der Waals surface area contributed by atoms with Crippen molar-refractivity contribution < 1.29 is 14.3 Å². The topological polar surface area (TPSA) is 61.9 Å². The molecule has 6 heteroatoms. The third-order valence-corrected chi connectivity index (χ3v) is 4.54. The molecule has 1 heterocycles. The minimum absolute atomic E-state index is 0.0490. The van der Waals surface area contributed by atoms with Gasteiger partial charge in [-0.15, -0.1) is 0 Å². The summed E-state index contributed by atoms with van der Waals surface area (Å²) in [5.74, 6) is -0.0490. The number of carbonyl (C=O) groups is 2. The molecule has 1 aliphatic heterocycles. The monoisotopic (exact) mass is 367 g/mol. The SMILES string of the molecule is CCOC(=O)N1CCN(CC(=O)Nc2ccc(-c3ccccc3)cc2)CC1. The van der Waals surface area contributed by atoms with Gasteiger partial charge in [-0.3, -0.25) is 9.69 Å². The first-order chi connectivity index (χ1) is 13.2. The van der Waals surface area contributed by atoms with E-state index in [0.717, 1.165) is 16.8 Å². The van der Waals surface area contributed by atoms with Gasteiger partial charge in [-0.2, -0.15) is 0 Å². The summed E-state index contributed by atoms with van der Waals surface area (Å²) in [5.41, 5.74) is 3.04. The second-order valence-electron chi connectivity index (χ2n) is 6.45. The Hall–Kier alpha value is -2.86. The predicted molar refractivity (Wildman–Crippen MR) is 106 cm³/mol. The fourth-order valence-electron chi connectivity index (χ4n) is 3.08. The number of rotatable bonds is 5. The summed E-state index contributed by atoms with van der Waals surface area (Å²) >= 11 is 0. The molecule has 0 spiro atoms. The average Bonchev–Trinajstić information content (AvgIpc) is 2.70. The van der Waals surface area contributed by atoms with E-state index in [2.05, 4.69) is 17.4 Å². The Morgan fingerprint density at radius 3 is 2.19 bits per heavy atom. The lowest BCUT2D eigenvalue weighted by Gasteiger charge is -2.33. The molecule has 2 aromatic rings. The first kappa shape index (κ1) is 18.9. The van der Waals surface area contributed by atoms with Crippen molar-refractivity contribution in [2.24, 2.45) is 0 Å². The van der Waals surface area contributed by atoms with Gasteiger partial charge in [0, 0.05) is 31.9 Å². The first-order valence-electron chi connectivity index (χ1n) is 9.25. The zero-order chi connectivity index (χ0) is 19.1. The highest BCUT2D eigenvalue weighted by atomic mass is 16.6. The summed E-state index contributed by atoms with van der Waals surface area (Å²) in [7, 11) is 0. The highest BCUT2D eigenvalue weighted by Gasteiger charge is 2.23. The number of amides is 2. The number of hydrogen-bond acceptors (Lipinski definition) is 4. The van der Waals surface area contributed by atoms with E-state index >= 15 is 0 Å². The van der Waals surface area contributed by atoms with Gasteiger partial charge in [0.15, 0.2) is 0 Å². The molecule has 0 unspecified atom stereocenters. The Kier molecular flexibility index (Phi) is 6.44. The molecule has 142 valence electrons. The maximum absolute atomic E-state index is 12.3. The lowest BCUT2D eigenvalue weighted by Crippen LogP contribution is -2.50. The molecule has 3 rings (SSSR count). The number of piperazine rings is 1. The molecule has 1 fully saturated rings. The second-order valence-corrected chi connectivity index (χ2v) is 6.45. The summed E-state index contributed by atoms with van der Waals surface area (Å²) in [6, 6.07) is 18.0. The van der Waals surface area contributed by atoms with Crippen LogP contribution in [0.5, 0.6) is 0 Å². The van der Waals surface area contributed by atoms with Crippen molar-refractivity contribution in [1.29, 1.82) is 0 Å².